The largest absolute Gasteiger partial charge is 0.507 e. The number of carbonyl (C=O) groups excluding carboxylic acids is 2. The topological polar surface area (TPSA) is 70.5 Å². The Morgan fingerprint density at radius 2 is 2.00 bits per heavy atom. The molecule has 5 nitrogen and oxygen atoms in total. The van der Waals surface area contributed by atoms with Gasteiger partial charge in [0.1, 0.15) is 5.76 Å². The van der Waals surface area contributed by atoms with Crippen LogP contribution in [0.25, 0.3) is 5.76 Å². The maximum Gasteiger partial charge on any atom is 0.295 e. The number of aliphatic hydroxyl groups is 1. The molecule has 0 bridgehead atoms. The van der Waals surface area contributed by atoms with Crippen molar-refractivity contribution >= 4 is 28.8 Å². The Kier molecular flexibility index (Phi) is 5.03. The Morgan fingerprint density at radius 1 is 1.17 bits per heavy atom. The Balaban J connectivity index is 1.87. The number of hydrogen-bond donors (Lipinski definition) is 1. The van der Waals surface area contributed by atoms with Crippen molar-refractivity contribution in [2.24, 2.45) is 0 Å². The van der Waals surface area contributed by atoms with Crippen LogP contribution in [0.2, 0.25) is 0 Å². The van der Waals surface area contributed by atoms with Gasteiger partial charge in [-0.25, -0.2) is 0 Å². The average molecular weight is 404 g/mol. The summed E-state index contributed by atoms with van der Waals surface area (Å²) in [6.45, 7) is 4.04. The number of rotatable bonds is 4. The molecule has 2 aromatic heterocycles. The molecular formula is C23H20N2O3S. The minimum absolute atomic E-state index is 0.128. The first-order valence-corrected chi connectivity index (χ1v) is 10.1. The van der Waals surface area contributed by atoms with Gasteiger partial charge < -0.3 is 10.0 Å². The van der Waals surface area contributed by atoms with Crippen molar-refractivity contribution in [1.29, 1.82) is 0 Å². The highest BCUT2D eigenvalue weighted by molar-refractivity contribution is 7.10. The molecular weight excluding hydrogens is 384 g/mol. The second-order valence-electron chi connectivity index (χ2n) is 7.12. The molecule has 1 atom stereocenters. The smallest absolute Gasteiger partial charge is 0.295 e. The zero-order chi connectivity index (χ0) is 20.5. The standard InChI is InChI=1S/C23H20N2O3S/c1-14-7-8-15(2)17(11-14)21(26)19-20(18-6-4-10-29-18)25(23(28)22(19)27)13-16-5-3-9-24-12-16/h3-12,20,26H,13H2,1-2H3/b21-19-. The third kappa shape index (κ3) is 3.47. The molecule has 3 heterocycles. The third-order valence-electron chi connectivity index (χ3n) is 5.08. The number of hydrogen-bond acceptors (Lipinski definition) is 5. The Labute approximate surface area is 173 Å². The number of aliphatic hydroxyl groups excluding tert-OH is 1. The summed E-state index contributed by atoms with van der Waals surface area (Å²) in [5.41, 5.74) is 3.34. The molecule has 146 valence electrons. The summed E-state index contributed by atoms with van der Waals surface area (Å²) in [5, 5.41) is 13.0. The number of ketones is 1. The van der Waals surface area contributed by atoms with Crippen molar-refractivity contribution in [1.82, 2.24) is 9.88 Å². The Morgan fingerprint density at radius 3 is 2.69 bits per heavy atom. The molecule has 1 fully saturated rings. The quantitative estimate of drug-likeness (QED) is 0.398. The summed E-state index contributed by atoms with van der Waals surface area (Å²) in [7, 11) is 0. The van der Waals surface area contributed by atoms with Crippen LogP contribution in [0, 0.1) is 13.8 Å². The van der Waals surface area contributed by atoms with E-state index in [4.69, 9.17) is 0 Å². The van der Waals surface area contributed by atoms with Gasteiger partial charge in [-0.2, -0.15) is 0 Å². The van der Waals surface area contributed by atoms with Crippen LogP contribution in [-0.4, -0.2) is 26.7 Å². The van der Waals surface area contributed by atoms with E-state index in [9.17, 15) is 14.7 Å². The van der Waals surface area contributed by atoms with E-state index in [1.807, 2.05) is 55.6 Å². The van der Waals surface area contributed by atoms with Crippen LogP contribution in [0.3, 0.4) is 0 Å². The number of aryl methyl sites for hydroxylation is 2. The molecule has 1 aliphatic heterocycles. The molecule has 4 rings (SSSR count). The van der Waals surface area contributed by atoms with E-state index in [1.54, 1.807) is 18.5 Å². The fraction of sp³-hybridized carbons (Fsp3) is 0.174. The van der Waals surface area contributed by atoms with Crippen molar-refractivity contribution < 1.29 is 14.7 Å². The van der Waals surface area contributed by atoms with Gasteiger partial charge in [0.25, 0.3) is 11.7 Å². The summed E-state index contributed by atoms with van der Waals surface area (Å²) in [4.78, 5) is 32.4. The molecule has 1 amide bonds. The first-order chi connectivity index (χ1) is 14.0. The second-order valence-corrected chi connectivity index (χ2v) is 8.10. The molecule has 1 N–H and O–H groups in total. The lowest BCUT2D eigenvalue weighted by atomic mass is 9.96. The van der Waals surface area contributed by atoms with Gasteiger partial charge in [0.15, 0.2) is 0 Å². The number of Topliss-reactive ketones (excluding diaryl/α,β-unsaturated/α-hetero) is 1. The first-order valence-electron chi connectivity index (χ1n) is 9.25. The maximum atomic E-state index is 13.0. The highest BCUT2D eigenvalue weighted by Gasteiger charge is 2.46. The van der Waals surface area contributed by atoms with E-state index in [-0.39, 0.29) is 17.9 Å². The number of amides is 1. The van der Waals surface area contributed by atoms with Gasteiger partial charge in [-0.15, -0.1) is 11.3 Å². The highest BCUT2D eigenvalue weighted by atomic mass is 32.1. The van der Waals surface area contributed by atoms with Gasteiger partial charge >= 0.3 is 0 Å². The third-order valence-corrected chi connectivity index (χ3v) is 6.00. The van der Waals surface area contributed by atoms with Crippen LogP contribution in [0.15, 0.2) is 65.8 Å². The van der Waals surface area contributed by atoms with E-state index in [0.29, 0.717) is 5.56 Å². The van der Waals surface area contributed by atoms with Gasteiger partial charge in [0.05, 0.1) is 11.6 Å². The molecule has 0 saturated carbocycles. The minimum atomic E-state index is -0.661. The van der Waals surface area contributed by atoms with E-state index in [0.717, 1.165) is 21.6 Å². The molecule has 1 saturated heterocycles. The normalized spacial score (nSPS) is 18.4. The highest BCUT2D eigenvalue weighted by Crippen LogP contribution is 2.42. The lowest BCUT2D eigenvalue weighted by molar-refractivity contribution is -0.140. The zero-order valence-corrected chi connectivity index (χ0v) is 16.9. The van der Waals surface area contributed by atoms with Gasteiger partial charge in [0.2, 0.25) is 0 Å². The van der Waals surface area contributed by atoms with Crippen LogP contribution in [0.4, 0.5) is 0 Å². The molecule has 6 heteroatoms. The zero-order valence-electron chi connectivity index (χ0n) is 16.1. The first kappa shape index (κ1) is 19.1. The van der Waals surface area contributed by atoms with Gasteiger partial charge in [0, 0.05) is 29.4 Å². The summed E-state index contributed by atoms with van der Waals surface area (Å²) in [5.74, 6) is -1.40. The fourth-order valence-electron chi connectivity index (χ4n) is 3.61. The predicted molar refractivity (Wildman–Crippen MR) is 112 cm³/mol. The Hall–Kier alpha value is -3.25. The molecule has 1 aliphatic rings. The van der Waals surface area contributed by atoms with Crippen molar-refractivity contribution in [2.45, 2.75) is 26.4 Å². The van der Waals surface area contributed by atoms with Gasteiger partial charge in [-0.05, 0) is 48.6 Å². The summed E-state index contributed by atoms with van der Waals surface area (Å²) in [6.07, 6.45) is 3.34. The summed E-state index contributed by atoms with van der Waals surface area (Å²) >= 11 is 1.46. The number of benzene rings is 1. The minimum Gasteiger partial charge on any atom is -0.507 e. The van der Waals surface area contributed by atoms with Crippen molar-refractivity contribution in [2.75, 3.05) is 0 Å². The van der Waals surface area contributed by atoms with Gasteiger partial charge in [-0.1, -0.05) is 29.8 Å². The van der Waals surface area contributed by atoms with E-state index >= 15 is 0 Å². The SMILES string of the molecule is Cc1ccc(C)c(/C(O)=C2/C(=O)C(=O)N(Cc3cccnc3)C2c2cccs2)c1. The number of aromatic nitrogens is 1. The number of carbonyl (C=O) groups is 2. The van der Waals surface area contributed by atoms with Gasteiger partial charge in [-0.3, -0.25) is 14.6 Å². The lowest BCUT2D eigenvalue weighted by Gasteiger charge is -2.24. The van der Waals surface area contributed by atoms with Crippen LogP contribution in [0.5, 0.6) is 0 Å². The predicted octanol–water partition coefficient (Wildman–Crippen LogP) is 4.38. The van der Waals surface area contributed by atoms with Crippen molar-refractivity contribution in [3.8, 4) is 0 Å². The number of likely N-dealkylation sites (tertiary alicyclic amines) is 1. The second kappa shape index (κ2) is 7.64. The summed E-state index contributed by atoms with van der Waals surface area (Å²) in [6, 6.07) is 12.5. The fourth-order valence-corrected chi connectivity index (χ4v) is 4.46. The lowest BCUT2D eigenvalue weighted by Crippen LogP contribution is -2.28. The molecule has 0 spiro atoms. The number of pyridine rings is 1. The summed E-state index contributed by atoms with van der Waals surface area (Å²) < 4.78 is 0. The van der Waals surface area contributed by atoms with Crippen LogP contribution >= 0.6 is 11.3 Å². The van der Waals surface area contributed by atoms with Crippen LogP contribution in [-0.2, 0) is 16.1 Å². The van der Waals surface area contributed by atoms with Crippen LogP contribution in [0.1, 0.15) is 33.2 Å². The monoisotopic (exact) mass is 404 g/mol. The number of nitrogens with zero attached hydrogens (tertiary/aromatic N) is 2. The maximum absolute atomic E-state index is 13.0. The molecule has 1 aromatic carbocycles. The van der Waals surface area contributed by atoms with E-state index in [1.165, 1.54) is 16.2 Å². The molecule has 29 heavy (non-hydrogen) atoms. The Bertz CT molecular complexity index is 1100. The van der Waals surface area contributed by atoms with Crippen molar-refractivity contribution in [3.63, 3.8) is 0 Å². The average Bonchev–Trinajstić information content (AvgIpc) is 3.33. The molecule has 1 unspecified atom stereocenters. The van der Waals surface area contributed by atoms with Crippen LogP contribution < -0.4 is 0 Å². The molecule has 0 radical (unpaired) electrons. The molecule has 0 aliphatic carbocycles. The van der Waals surface area contributed by atoms with E-state index < -0.39 is 17.7 Å². The van der Waals surface area contributed by atoms with E-state index in [2.05, 4.69) is 4.98 Å². The van der Waals surface area contributed by atoms with Crippen molar-refractivity contribution in [3.05, 3.63) is 92.9 Å². The molecule has 3 aromatic rings. The number of thiophene rings is 1.